The van der Waals surface area contributed by atoms with E-state index < -0.39 is 5.91 Å². The molecule has 0 unspecified atom stereocenters. The van der Waals surface area contributed by atoms with Gasteiger partial charge in [0.15, 0.2) is 5.84 Å². The van der Waals surface area contributed by atoms with E-state index in [1.54, 1.807) is 17.4 Å². The number of amides is 1. The Hall–Kier alpha value is -3.21. The quantitative estimate of drug-likeness (QED) is 0.303. The molecule has 0 atom stereocenters. The molecule has 0 bridgehead atoms. The second kappa shape index (κ2) is 9.96. The lowest BCUT2D eigenvalue weighted by Gasteiger charge is -2.20. The highest BCUT2D eigenvalue weighted by Crippen LogP contribution is 2.32. The Morgan fingerprint density at radius 2 is 1.68 bits per heavy atom. The van der Waals surface area contributed by atoms with Crippen molar-refractivity contribution in [3.8, 4) is 11.5 Å². The fourth-order valence-electron chi connectivity index (χ4n) is 3.17. The van der Waals surface area contributed by atoms with E-state index >= 15 is 0 Å². The Bertz CT molecular complexity index is 1320. The lowest BCUT2D eigenvalue weighted by Crippen LogP contribution is -2.35. The van der Waals surface area contributed by atoms with Crippen LogP contribution in [0.5, 0.6) is 11.5 Å². The molecular weight excluding hydrogens is 536 g/mol. The van der Waals surface area contributed by atoms with Gasteiger partial charge in [0.25, 0.3) is 5.91 Å². The highest BCUT2D eigenvalue weighted by molar-refractivity contribution is 9.10. The maximum atomic E-state index is 12.6. The Balaban J connectivity index is 1.21. The van der Waals surface area contributed by atoms with Crippen molar-refractivity contribution < 1.29 is 14.3 Å². The van der Waals surface area contributed by atoms with Gasteiger partial charge in [-0.1, -0.05) is 34.1 Å². The molecule has 1 amide bonds. The maximum Gasteiger partial charge on any atom is 0.283 e. The summed E-state index contributed by atoms with van der Waals surface area (Å²) in [4.78, 5) is 17.7. The third kappa shape index (κ3) is 4.98. The van der Waals surface area contributed by atoms with E-state index in [0.29, 0.717) is 24.1 Å². The van der Waals surface area contributed by atoms with E-state index in [9.17, 15) is 4.79 Å². The van der Waals surface area contributed by atoms with Gasteiger partial charge in [-0.05, 0) is 71.2 Å². The third-order valence-corrected chi connectivity index (χ3v) is 7.29. The molecular formula is C24H17BrN4O3S2. The van der Waals surface area contributed by atoms with Crippen molar-refractivity contribution in [2.24, 2.45) is 10.1 Å². The molecule has 1 N–H and O–H groups in total. The molecule has 2 aromatic carbocycles. The third-order valence-electron chi connectivity index (χ3n) is 4.81. The van der Waals surface area contributed by atoms with Gasteiger partial charge >= 0.3 is 0 Å². The lowest BCUT2D eigenvalue weighted by atomic mass is 10.1. The van der Waals surface area contributed by atoms with Gasteiger partial charge in [0.1, 0.15) is 29.8 Å². The molecule has 2 aliphatic heterocycles. The summed E-state index contributed by atoms with van der Waals surface area (Å²) in [6.07, 6.45) is 1.65. The van der Waals surface area contributed by atoms with Crippen LogP contribution in [0.15, 0.2) is 86.2 Å². The first-order chi connectivity index (χ1) is 16.6. The fourth-order valence-corrected chi connectivity index (χ4v) is 5.12. The van der Waals surface area contributed by atoms with Gasteiger partial charge in [-0.2, -0.15) is 15.1 Å². The number of benzene rings is 2. The number of nitrogens with one attached hydrogen (secondary N) is 1. The highest BCUT2D eigenvalue weighted by Gasteiger charge is 2.36. The average molecular weight is 553 g/mol. The predicted molar refractivity (Wildman–Crippen MR) is 140 cm³/mol. The van der Waals surface area contributed by atoms with Crippen LogP contribution >= 0.6 is 39.0 Å². The Kier molecular flexibility index (Phi) is 6.61. The monoisotopic (exact) mass is 552 g/mol. The zero-order valence-electron chi connectivity index (χ0n) is 17.6. The number of hydrazone groups is 1. The van der Waals surface area contributed by atoms with E-state index in [-0.39, 0.29) is 11.4 Å². The smallest absolute Gasteiger partial charge is 0.283 e. The summed E-state index contributed by atoms with van der Waals surface area (Å²) >= 11 is 6.24. The van der Waals surface area contributed by atoms with Crippen LogP contribution in [0, 0.1) is 5.41 Å². The largest absolute Gasteiger partial charge is 0.490 e. The van der Waals surface area contributed by atoms with Crippen LogP contribution in [0.1, 0.15) is 10.4 Å². The number of fused-ring (bicyclic) bond motifs is 1. The number of hydrogen-bond donors (Lipinski definition) is 1. The molecule has 0 saturated carbocycles. The summed E-state index contributed by atoms with van der Waals surface area (Å²) in [5.74, 6) is 1.03. The van der Waals surface area contributed by atoms with Crippen molar-refractivity contribution in [2.45, 2.75) is 0 Å². The second-order valence-electron chi connectivity index (χ2n) is 7.12. The van der Waals surface area contributed by atoms with E-state index in [0.717, 1.165) is 25.7 Å². The van der Waals surface area contributed by atoms with Gasteiger partial charge in [-0.3, -0.25) is 10.2 Å². The van der Waals surface area contributed by atoms with E-state index in [1.165, 1.54) is 16.8 Å². The van der Waals surface area contributed by atoms with Crippen molar-refractivity contribution in [1.82, 2.24) is 5.01 Å². The number of carbonyl (C=O) groups is 1. The van der Waals surface area contributed by atoms with E-state index in [2.05, 4.69) is 26.0 Å². The topological polar surface area (TPSA) is 87.3 Å². The summed E-state index contributed by atoms with van der Waals surface area (Å²) in [6, 6.07) is 18.8. The zero-order chi connectivity index (χ0) is 23.5. The van der Waals surface area contributed by atoms with Gasteiger partial charge in [0.05, 0.1) is 10.5 Å². The first-order valence-corrected chi connectivity index (χ1v) is 12.7. The Labute approximate surface area is 212 Å². The minimum absolute atomic E-state index is 0.0134. The Morgan fingerprint density at radius 3 is 2.32 bits per heavy atom. The van der Waals surface area contributed by atoms with Crippen LogP contribution in [0.2, 0.25) is 0 Å². The van der Waals surface area contributed by atoms with Crippen molar-refractivity contribution in [2.75, 3.05) is 13.2 Å². The number of carbonyl (C=O) groups excluding carboxylic acids is 1. The van der Waals surface area contributed by atoms with Crippen LogP contribution in [0.4, 0.5) is 0 Å². The molecule has 170 valence electrons. The molecule has 3 aromatic rings. The molecule has 1 aromatic heterocycles. The van der Waals surface area contributed by atoms with Gasteiger partial charge in [-0.15, -0.1) is 11.3 Å². The summed E-state index contributed by atoms with van der Waals surface area (Å²) in [7, 11) is 0. The standard InChI is InChI=1S/C24H17BrN4O3S2/c25-16-5-9-18(10-6-16)32-12-11-31-17-7-3-15(4-8-17)14-19-21(26)29-24(27-22(19)30)34-23(28-29)20-2-1-13-33-20/h1-10,13-14,26H,11-12H2/b19-14+,26-21?. The normalized spacial score (nSPS) is 16.4. The molecule has 2 aliphatic rings. The van der Waals surface area contributed by atoms with E-state index in [4.69, 9.17) is 14.9 Å². The lowest BCUT2D eigenvalue weighted by molar-refractivity contribution is -0.114. The highest BCUT2D eigenvalue weighted by atomic mass is 79.9. The molecule has 7 nitrogen and oxygen atoms in total. The van der Waals surface area contributed by atoms with Gasteiger partial charge in [-0.25, -0.2) is 0 Å². The van der Waals surface area contributed by atoms with E-state index in [1.807, 2.05) is 66.0 Å². The fraction of sp³-hybridized carbons (Fsp3) is 0.0833. The minimum atomic E-state index is -0.447. The van der Waals surface area contributed by atoms with Crippen LogP contribution < -0.4 is 9.47 Å². The van der Waals surface area contributed by atoms with Crippen molar-refractivity contribution in [3.63, 3.8) is 0 Å². The number of hydrogen-bond acceptors (Lipinski definition) is 7. The summed E-state index contributed by atoms with van der Waals surface area (Å²) in [6.45, 7) is 0.815. The van der Waals surface area contributed by atoms with Crippen molar-refractivity contribution in [3.05, 3.63) is 86.5 Å². The van der Waals surface area contributed by atoms with Crippen LogP contribution in [0.3, 0.4) is 0 Å². The SMILES string of the molecule is N=C1/C(=C\c2ccc(OCCOc3ccc(Br)cc3)cc2)C(=O)N=C2SC(c3cccs3)=NN12. The summed E-state index contributed by atoms with van der Waals surface area (Å²) in [5, 5.41) is 17.5. The predicted octanol–water partition coefficient (Wildman–Crippen LogP) is 5.64. The minimum Gasteiger partial charge on any atom is -0.490 e. The molecule has 0 fully saturated rings. The molecule has 0 aliphatic carbocycles. The number of halogens is 1. The van der Waals surface area contributed by atoms with Gasteiger partial charge in [0.2, 0.25) is 5.17 Å². The van der Waals surface area contributed by atoms with Crippen molar-refractivity contribution in [1.29, 1.82) is 5.41 Å². The number of rotatable bonds is 7. The molecule has 10 heteroatoms. The number of nitrogens with zero attached hydrogens (tertiary/aromatic N) is 3. The molecule has 3 heterocycles. The molecule has 0 radical (unpaired) electrons. The van der Waals surface area contributed by atoms with Crippen LogP contribution in [0.25, 0.3) is 6.08 Å². The van der Waals surface area contributed by atoms with Gasteiger partial charge in [0, 0.05) is 4.47 Å². The number of thioether (sulfide) groups is 1. The number of aliphatic imine (C=N–C) groups is 1. The maximum absolute atomic E-state index is 12.6. The molecule has 0 spiro atoms. The first-order valence-electron chi connectivity index (χ1n) is 10.2. The Morgan fingerprint density at radius 1 is 1.00 bits per heavy atom. The molecule has 34 heavy (non-hydrogen) atoms. The number of ether oxygens (including phenoxy) is 2. The number of thiophene rings is 1. The zero-order valence-corrected chi connectivity index (χ0v) is 20.8. The van der Waals surface area contributed by atoms with Crippen LogP contribution in [-0.2, 0) is 4.79 Å². The molecule has 0 saturated heterocycles. The van der Waals surface area contributed by atoms with Crippen LogP contribution in [-0.4, -0.2) is 40.2 Å². The summed E-state index contributed by atoms with van der Waals surface area (Å²) in [5.41, 5.74) is 0.955. The second-order valence-corrected chi connectivity index (χ2v) is 9.94. The molecule has 5 rings (SSSR count). The number of amidine groups is 2. The summed E-state index contributed by atoms with van der Waals surface area (Å²) < 4.78 is 12.4. The van der Waals surface area contributed by atoms with Gasteiger partial charge < -0.3 is 9.47 Å². The first kappa shape index (κ1) is 22.6. The van der Waals surface area contributed by atoms with Crippen molar-refractivity contribution >= 4 is 67.1 Å². The average Bonchev–Trinajstić information content (AvgIpc) is 3.52.